The first-order valence-corrected chi connectivity index (χ1v) is 8.83. The van der Waals surface area contributed by atoms with Gasteiger partial charge in [0.05, 0.1) is 5.56 Å². The molecular weight excluding hydrogens is 361 g/mol. The number of aromatic amines is 1. The number of anilines is 1. The third-order valence-electron chi connectivity index (χ3n) is 4.22. The molecule has 8 heteroatoms. The van der Waals surface area contributed by atoms with E-state index in [4.69, 9.17) is 0 Å². The topological polar surface area (TPSA) is 92.7 Å². The number of carbonyl (C=O) groups excluding carboxylic acids is 2. The number of Topliss-reactive ketones (excluding diaryl/α,β-unsaturated/α-hetero) is 1. The van der Waals surface area contributed by atoms with Gasteiger partial charge < -0.3 is 4.57 Å². The Bertz CT molecular complexity index is 1120. The molecule has 7 nitrogen and oxygen atoms in total. The van der Waals surface area contributed by atoms with E-state index in [1.807, 2.05) is 53.1 Å². The number of amides is 1. The van der Waals surface area contributed by atoms with Crippen LogP contribution in [0.25, 0.3) is 10.9 Å². The Labute approximate surface area is 157 Å². The van der Waals surface area contributed by atoms with E-state index in [0.29, 0.717) is 12.1 Å². The number of ketones is 1. The van der Waals surface area contributed by atoms with Gasteiger partial charge in [0.1, 0.15) is 6.33 Å². The highest BCUT2D eigenvalue weighted by Gasteiger charge is 2.22. The van der Waals surface area contributed by atoms with Crippen LogP contribution in [0.15, 0.2) is 61.1 Å². The average Bonchev–Trinajstić information content (AvgIpc) is 3.31. The van der Waals surface area contributed by atoms with Gasteiger partial charge in [0.15, 0.2) is 0 Å². The molecule has 0 aliphatic heterocycles. The van der Waals surface area contributed by atoms with Crippen LogP contribution in [0.5, 0.6) is 0 Å². The summed E-state index contributed by atoms with van der Waals surface area (Å²) in [6.07, 6.45) is 2.98. The maximum atomic E-state index is 12.7. The molecule has 0 saturated heterocycles. The minimum atomic E-state index is -0.762. The van der Waals surface area contributed by atoms with Gasteiger partial charge in [0.2, 0.25) is 5.95 Å². The third-order valence-corrected chi connectivity index (χ3v) is 4.60. The Morgan fingerprint density at radius 2 is 1.89 bits per heavy atom. The molecule has 2 heterocycles. The maximum Gasteiger partial charge on any atom is 0.299 e. The first-order chi connectivity index (χ1) is 13.1. The first-order valence-electron chi connectivity index (χ1n) is 8.25. The molecule has 1 atom stereocenters. The van der Waals surface area contributed by atoms with Gasteiger partial charge in [-0.15, -0.1) is 9.24 Å². The zero-order valence-corrected chi connectivity index (χ0v) is 15.4. The molecule has 2 aromatic heterocycles. The smallest absolute Gasteiger partial charge is 0.299 e. The van der Waals surface area contributed by atoms with Gasteiger partial charge in [-0.05, 0) is 16.9 Å². The molecule has 4 aromatic rings. The van der Waals surface area contributed by atoms with Gasteiger partial charge in [-0.2, -0.15) is 10.1 Å². The van der Waals surface area contributed by atoms with Crippen LogP contribution in [0.3, 0.4) is 0 Å². The van der Waals surface area contributed by atoms with Crippen molar-refractivity contribution in [3.63, 3.8) is 0 Å². The van der Waals surface area contributed by atoms with E-state index in [2.05, 4.69) is 29.7 Å². The van der Waals surface area contributed by atoms with Crippen molar-refractivity contribution in [3.05, 3.63) is 72.2 Å². The van der Waals surface area contributed by atoms with E-state index in [9.17, 15) is 9.59 Å². The van der Waals surface area contributed by atoms with Gasteiger partial charge in [-0.3, -0.25) is 14.9 Å². The predicted octanol–water partition coefficient (Wildman–Crippen LogP) is 2.13. The molecule has 0 aliphatic rings. The molecule has 0 spiro atoms. The predicted molar refractivity (Wildman–Crippen MR) is 106 cm³/mol. The summed E-state index contributed by atoms with van der Waals surface area (Å²) in [4.78, 5) is 28.8. The van der Waals surface area contributed by atoms with Gasteiger partial charge in [0.25, 0.3) is 11.7 Å². The summed E-state index contributed by atoms with van der Waals surface area (Å²) in [6.45, 7) is 0.600. The van der Waals surface area contributed by atoms with E-state index in [1.54, 1.807) is 6.20 Å². The molecule has 1 unspecified atom stereocenters. The number of hydrogen-bond donors (Lipinski definition) is 2. The van der Waals surface area contributed by atoms with E-state index >= 15 is 0 Å². The van der Waals surface area contributed by atoms with Crippen molar-refractivity contribution in [2.75, 3.05) is 5.32 Å². The van der Waals surface area contributed by atoms with Crippen molar-refractivity contribution in [1.29, 1.82) is 0 Å². The first kappa shape index (κ1) is 17.1. The number of hydrogen-bond acceptors (Lipinski definition) is 4. The Balaban J connectivity index is 1.67. The van der Waals surface area contributed by atoms with Crippen molar-refractivity contribution < 1.29 is 9.59 Å². The molecule has 2 N–H and O–H groups in total. The van der Waals surface area contributed by atoms with Gasteiger partial charge in [0, 0.05) is 23.6 Å². The zero-order valence-electron chi connectivity index (χ0n) is 14.2. The second kappa shape index (κ2) is 7.13. The summed E-state index contributed by atoms with van der Waals surface area (Å²) in [5, 5.41) is 10.4. The van der Waals surface area contributed by atoms with Crippen LogP contribution in [0, 0.1) is 0 Å². The fourth-order valence-electron chi connectivity index (χ4n) is 2.93. The number of nitrogens with one attached hydrogen (secondary N) is 2. The molecule has 0 aliphatic carbocycles. The molecule has 1 amide bonds. The minimum Gasteiger partial charge on any atom is -0.342 e. The van der Waals surface area contributed by atoms with Crippen LogP contribution < -0.4 is 10.6 Å². The largest absolute Gasteiger partial charge is 0.342 e. The number of benzene rings is 2. The molecule has 4 rings (SSSR count). The van der Waals surface area contributed by atoms with Crippen molar-refractivity contribution >= 4 is 43.1 Å². The molecular formula is C19H16N5O2P. The number of para-hydroxylation sites is 1. The lowest BCUT2D eigenvalue weighted by Gasteiger charge is -2.05. The lowest BCUT2D eigenvalue weighted by Crippen LogP contribution is -2.23. The lowest BCUT2D eigenvalue weighted by molar-refractivity contribution is -0.112. The van der Waals surface area contributed by atoms with E-state index in [0.717, 1.165) is 21.8 Å². The van der Waals surface area contributed by atoms with Crippen LogP contribution in [-0.4, -0.2) is 31.4 Å². The number of fused-ring (bicyclic) bond motifs is 1. The SMILES string of the molecule is O=C(Nc1ncn[nH]1)C(=O)c1cn(Cc2ccc(P)cc2)c2ccccc12. The Morgan fingerprint density at radius 3 is 2.63 bits per heavy atom. The standard InChI is InChI=1S/C19H16N5O2P/c25-17(18(26)22-19-20-11-21-23-19)15-10-24(16-4-2-1-3-14(15)16)9-12-5-7-13(27)8-6-12/h1-8,10-11H,9,27H2,(H2,20,21,22,23,26). The summed E-state index contributed by atoms with van der Waals surface area (Å²) in [5.74, 6) is -1.25. The number of aromatic nitrogens is 4. The van der Waals surface area contributed by atoms with Crippen LogP contribution in [0.4, 0.5) is 5.95 Å². The summed E-state index contributed by atoms with van der Waals surface area (Å²) >= 11 is 0. The average molecular weight is 377 g/mol. The van der Waals surface area contributed by atoms with Gasteiger partial charge in [-0.25, -0.2) is 5.10 Å². The molecule has 0 fully saturated rings. The van der Waals surface area contributed by atoms with Gasteiger partial charge in [-0.1, -0.05) is 42.5 Å². The molecule has 0 saturated carbocycles. The van der Waals surface area contributed by atoms with Gasteiger partial charge >= 0.3 is 0 Å². The third kappa shape index (κ3) is 3.50. The van der Waals surface area contributed by atoms with Crippen LogP contribution >= 0.6 is 9.24 Å². The van der Waals surface area contributed by atoms with E-state index in [-0.39, 0.29) is 5.95 Å². The Kier molecular flexibility index (Phi) is 4.52. The van der Waals surface area contributed by atoms with Crippen LogP contribution in [0.1, 0.15) is 15.9 Å². The number of carbonyl (C=O) groups is 2. The number of rotatable bonds is 5. The summed E-state index contributed by atoms with van der Waals surface area (Å²) in [6, 6.07) is 15.6. The zero-order chi connectivity index (χ0) is 18.8. The highest BCUT2D eigenvalue weighted by Crippen LogP contribution is 2.23. The summed E-state index contributed by atoms with van der Waals surface area (Å²) < 4.78 is 1.97. The Hall–Kier alpha value is -3.31. The highest BCUT2D eigenvalue weighted by molar-refractivity contribution is 7.27. The molecule has 134 valence electrons. The summed E-state index contributed by atoms with van der Waals surface area (Å²) in [7, 11) is 2.66. The van der Waals surface area contributed by atoms with E-state index < -0.39 is 11.7 Å². The quantitative estimate of drug-likeness (QED) is 0.317. The second-order valence-corrected chi connectivity index (χ2v) is 6.71. The van der Waals surface area contributed by atoms with Crippen molar-refractivity contribution in [1.82, 2.24) is 19.7 Å². The normalized spacial score (nSPS) is 10.9. The fourth-order valence-corrected chi connectivity index (χ4v) is 3.12. The van der Waals surface area contributed by atoms with Crippen molar-refractivity contribution in [2.45, 2.75) is 6.54 Å². The highest BCUT2D eigenvalue weighted by atomic mass is 31.0. The molecule has 0 radical (unpaired) electrons. The Morgan fingerprint density at radius 1 is 1.11 bits per heavy atom. The van der Waals surface area contributed by atoms with Crippen LogP contribution in [-0.2, 0) is 11.3 Å². The van der Waals surface area contributed by atoms with Crippen LogP contribution in [0.2, 0.25) is 0 Å². The monoisotopic (exact) mass is 377 g/mol. The summed E-state index contributed by atoms with van der Waals surface area (Å²) in [5.41, 5.74) is 2.35. The maximum absolute atomic E-state index is 12.7. The molecule has 0 bridgehead atoms. The molecule has 27 heavy (non-hydrogen) atoms. The fraction of sp³-hybridized carbons (Fsp3) is 0.0526. The molecule has 2 aromatic carbocycles. The van der Waals surface area contributed by atoms with Crippen molar-refractivity contribution in [3.8, 4) is 0 Å². The number of nitrogens with zero attached hydrogens (tertiary/aromatic N) is 3. The van der Waals surface area contributed by atoms with Crippen molar-refractivity contribution in [2.24, 2.45) is 0 Å². The number of H-pyrrole nitrogens is 1. The second-order valence-electron chi connectivity index (χ2n) is 6.05. The van der Waals surface area contributed by atoms with E-state index in [1.165, 1.54) is 6.33 Å². The minimum absolute atomic E-state index is 0.134. The lowest BCUT2D eigenvalue weighted by atomic mass is 10.1.